The third-order valence-electron chi connectivity index (χ3n) is 2.48. The first-order valence-electron chi connectivity index (χ1n) is 5.24. The molecule has 0 spiro atoms. The molecule has 0 unspecified atom stereocenters. The van der Waals surface area contributed by atoms with E-state index in [1.54, 1.807) is 26.0 Å². The minimum Gasteiger partial charge on any atom is -0.397 e. The molecule has 0 bridgehead atoms. The summed E-state index contributed by atoms with van der Waals surface area (Å²) in [5.41, 5.74) is 7.51. The molecule has 0 amide bonds. The monoisotopic (exact) mass is 258 g/mol. The van der Waals surface area contributed by atoms with Gasteiger partial charge in [0.05, 0.1) is 12.3 Å². The molecule has 1 aromatic carbocycles. The van der Waals surface area contributed by atoms with Gasteiger partial charge in [-0.2, -0.15) is 0 Å². The van der Waals surface area contributed by atoms with Crippen molar-refractivity contribution in [3.05, 3.63) is 23.3 Å². The van der Waals surface area contributed by atoms with Gasteiger partial charge >= 0.3 is 0 Å². The lowest BCUT2D eigenvalue weighted by molar-refractivity contribution is 0.204. The molecule has 1 aromatic rings. The summed E-state index contributed by atoms with van der Waals surface area (Å²) in [4.78, 5) is 0.161. The van der Waals surface area contributed by atoms with Crippen molar-refractivity contribution in [1.29, 1.82) is 0 Å². The molecule has 0 saturated carbocycles. The lowest BCUT2D eigenvalue weighted by Gasteiger charge is -2.13. The second-order valence-corrected chi connectivity index (χ2v) is 5.54. The fraction of sp³-hybridized carbons (Fsp3) is 0.455. The van der Waals surface area contributed by atoms with Gasteiger partial charge in [-0.3, -0.25) is 0 Å². The largest absolute Gasteiger partial charge is 0.397 e. The van der Waals surface area contributed by atoms with Gasteiger partial charge in [0.25, 0.3) is 0 Å². The van der Waals surface area contributed by atoms with E-state index in [-0.39, 0.29) is 11.4 Å². The average molecular weight is 258 g/mol. The van der Waals surface area contributed by atoms with Crippen molar-refractivity contribution in [2.24, 2.45) is 0 Å². The number of methoxy groups -OCH3 is 1. The number of sulfonamides is 1. The second kappa shape index (κ2) is 5.48. The van der Waals surface area contributed by atoms with E-state index in [0.717, 1.165) is 5.56 Å². The summed E-state index contributed by atoms with van der Waals surface area (Å²) in [7, 11) is -2.06. The predicted octanol–water partition coefficient (Wildman–Crippen LogP) is 0.810. The summed E-state index contributed by atoms with van der Waals surface area (Å²) in [6.07, 6.45) is 0. The lowest BCUT2D eigenvalue weighted by atomic mass is 10.1. The predicted molar refractivity (Wildman–Crippen MR) is 67.4 cm³/mol. The van der Waals surface area contributed by atoms with Crippen LogP contribution >= 0.6 is 0 Å². The Kier molecular flexibility index (Phi) is 4.50. The number of hydrogen-bond donors (Lipinski definition) is 2. The zero-order chi connectivity index (χ0) is 13.1. The van der Waals surface area contributed by atoms with Gasteiger partial charge in [-0.15, -0.1) is 0 Å². The molecule has 1 rings (SSSR count). The van der Waals surface area contributed by atoms with Crippen molar-refractivity contribution in [2.45, 2.75) is 18.7 Å². The van der Waals surface area contributed by atoms with Crippen LogP contribution in [-0.2, 0) is 14.8 Å². The quantitative estimate of drug-likeness (QED) is 0.605. The highest BCUT2D eigenvalue weighted by Crippen LogP contribution is 2.25. The molecule has 0 fully saturated rings. The summed E-state index contributed by atoms with van der Waals surface area (Å²) < 4.78 is 31.4. The normalized spacial score (nSPS) is 11.7. The molecule has 0 aliphatic rings. The highest BCUT2D eigenvalue weighted by atomic mass is 32.2. The summed E-state index contributed by atoms with van der Waals surface area (Å²) in [6.45, 7) is 4.05. The van der Waals surface area contributed by atoms with E-state index < -0.39 is 10.0 Å². The van der Waals surface area contributed by atoms with Crippen LogP contribution in [0.3, 0.4) is 0 Å². The SMILES string of the molecule is COCCNS(=O)(=O)c1c(C)ccc(C)c1N. The van der Waals surface area contributed by atoms with Crippen molar-refractivity contribution in [3.8, 4) is 0 Å². The molecule has 0 aliphatic carbocycles. The van der Waals surface area contributed by atoms with E-state index in [4.69, 9.17) is 10.5 Å². The first-order valence-corrected chi connectivity index (χ1v) is 6.72. The number of nitrogens with two attached hydrogens (primary N) is 1. The Morgan fingerprint density at radius 1 is 1.29 bits per heavy atom. The third kappa shape index (κ3) is 3.18. The molecule has 0 saturated heterocycles. The van der Waals surface area contributed by atoms with Crippen molar-refractivity contribution >= 4 is 15.7 Å². The van der Waals surface area contributed by atoms with E-state index >= 15 is 0 Å². The van der Waals surface area contributed by atoms with Gasteiger partial charge < -0.3 is 10.5 Å². The van der Waals surface area contributed by atoms with Crippen molar-refractivity contribution in [2.75, 3.05) is 26.0 Å². The number of anilines is 1. The number of nitrogens with one attached hydrogen (secondary N) is 1. The number of hydrogen-bond acceptors (Lipinski definition) is 4. The van der Waals surface area contributed by atoms with E-state index in [9.17, 15) is 8.42 Å². The minimum atomic E-state index is -3.57. The van der Waals surface area contributed by atoms with Crippen LogP contribution in [0.1, 0.15) is 11.1 Å². The fourth-order valence-corrected chi connectivity index (χ4v) is 2.95. The Hall–Kier alpha value is -1.11. The van der Waals surface area contributed by atoms with Crippen molar-refractivity contribution in [1.82, 2.24) is 4.72 Å². The molecule has 0 aliphatic heterocycles. The lowest BCUT2D eigenvalue weighted by Crippen LogP contribution is -2.28. The van der Waals surface area contributed by atoms with Gasteiger partial charge in [0, 0.05) is 13.7 Å². The second-order valence-electron chi connectivity index (χ2n) is 3.83. The van der Waals surface area contributed by atoms with Gasteiger partial charge in [0.1, 0.15) is 4.90 Å². The first-order chi connectivity index (χ1) is 7.90. The average Bonchev–Trinajstić information content (AvgIpc) is 2.24. The molecule has 6 heteroatoms. The molecule has 0 radical (unpaired) electrons. The van der Waals surface area contributed by atoms with Crippen LogP contribution < -0.4 is 10.5 Å². The first kappa shape index (κ1) is 14.0. The third-order valence-corrected chi connectivity index (χ3v) is 4.14. The van der Waals surface area contributed by atoms with E-state index in [2.05, 4.69) is 4.72 Å². The summed E-state index contributed by atoms with van der Waals surface area (Å²) in [6, 6.07) is 3.55. The minimum absolute atomic E-state index is 0.161. The Morgan fingerprint density at radius 3 is 2.47 bits per heavy atom. The van der Waals surface area contributed by atoms with Crippen LogP contribution in [0.15, 0.2) is 17.0 Å². The van der Waals surface area contributed by atoms with Crippen LogP contribution in [0.5, 0.6) is 0 Å². The summed E-state index contributed by atoms with van der Waals surface area (Å²) in [5, 5.41) is 0. The Bertz CT molecular complexity index is 498. The molecule has 17 heavy (non-hydrogen) atoms. The number of rotatable bonds is 5. The molecule has 96 valence electrons. The van der Waals surface area contributed by atoms with Crippen molar-refractivity contribution < 1.29 is 13.2 Å². The number of nitrogen functional groups attached to an aromatic ring is 1. The van der Waals surface area contributed by atoms with Gasteiger partial charge in [0.2, 0.25) is 10.0 Å². The summed E-state index contributed by atoms with van der Waals surface area (Å²) in [5.74, 6) is 0. The van der Waals surface area contributed by atoms with E-state index in [1.807, 2.05) is 0 Å². The highest BCUT2D eigenvalue weighted by molar-refractivity contribution is 7.89. The smallest absolute Gasteiger partial charge is 0.242 e. The van der Waals surface area contributed by atoms with Gasteiger partial charge in [-0.25, -0.2) is 13.1 Å². The zero-order valence-corrected chi connectivity index (χ0v) is 11.1. The van der Waals surface area contributed by atoms with Crippen LogP contribution in [-0.4, -0.2) is 28.7 Å². The van der Waals surface area contributed by atoms with Gasteiger partial charge in [0.15, 0.2) is 0 Å². The molecule has 0 atom stereocenters. The standard InChI is InChI=1S/C11H18N2O3S/c1-8-4-5-9(2)11(10(8)12)17(14,15)13-6-7-16-3/h4-5,13H,6-7,12H2,1-3H3. The van der Waals surface area contributed by atoms with Crippen LogP contribution in [0.2, 0.25) is 0 Å². The Morgan fingerprint density at radius 2 is 1.88 bits per heavy atom. The molecule has 3 N–H and O–H groups in total. The van der Waals surface area contributed by atoms with Gasteiger partial charge in [-0.1, -0.05) is 12.1 Å². The Labute approximate surface area is 102 Å². The van der Waals surface area contributed by atoms with Crippen LogP contribution in [0.4, 0.5) is 5.69 Å². The number of ether oxygens (including phenoxy) is 1. The maximum atomic E-state index is 12.1. The van der Waals surface area contributed by atoms with Crippen LogP contribution in [0, 0.1) is 13.8 Å². The molecule has 0 aromatic heterocycles. The Balaban J connectivity index is 3.11. The molecule has 0 heterocycles. The zero-order valence-electron chi connectivity index (χ0n) is 10.3. The van der Waals surface area contributed by atoms with Crippen molar-refractivity contribution in [3.63, 3.8) is 0 Å². The summed E-state index contributed by atoms with van der Waals surface area (Å²) >= 11 is 0. The topological polar surface area (TPSA) is 81.4 Å². The van der Waals surface area contributed by atoms with E-state index in [0.29, 0.717) is 17.9 Å². The maximum Gasteiger partial charge on any atom is 0.242 e. The fourth-order valence-electron chi connectivity index (χ4n) is 1.51. The number of aryl methyl sites for hydroxylation is 2. The highest BCUT2D eigenvalue weighted by Gasteiger charge is 2.20. The van der Waals surface area contributed by atoms with Gasteiger partial charge in [-0.05, 0) is 25.0 Å². The number of benzene rings is 1. The maximum absolute atomic E-state index is 12.1. The molecule has 5 nitrogen and oxygen atoms in total. The molecular weight excluding hydrogens is 240 g/mol. The van der Waals surface area contributed by atoms with Crippen LogP contribution in [0.25, 0.3) is 0 Å². The molecular formula is C11H18N2O3S. The van der Waals surface area contributed by atoms with E-state index in [1.165, 1.54) is 7.11 Å².